The number of rotatable bonds is 26. The summed E-state index contributed by atoms with van der Waals surface area (Å²) in [6.45, 7) is 11.4. The van der Waals surface area contributed by atoms with Gasteiger partial charge in [0.15, 0.2) is 11.4 Å². The van der Waals surface area contributed by atoms with Gasteiger partial charge >= 0.3 is 5.97 Å². The number of ether oxygens (including phenoxy) is 2. The Labute approximate surface area is 385 Å². The first-order valence-electron chi connectivity index (χ1n) is 21.6. The minimum atomic E-state index is -1.65. The standard InChI is InChI=1S/C47H65IN6O9/c1-7-22-49-40(55)20-21-42(57)63-47(6,31-48)43(58)37(27-32(2)3)51-46(61)39(29-35-16-12-9-13-17-35)53-45(60)38(28-33(4)5)52-44(59)36(19-18-34-14-10-8-11-15-34)50-41(56)30-54-23-25-62-26-24-54/h1,8-17,32-33,36-39H,18-31H2,2-6H3,(H,49,55)(H,50,56)(H,51,61)(H,52,59)(H,53,60)/t36-,37?,38-,39-,47+/m0/s1. The van der Waals surface area contributed by atoms with Gasteiger partial charge in [-0.2, -0.15) is 0 Å². The lowest BCUT2D eigenvalue weighted by atomic mass is 9.90. The van der Waals surface area contributed by atoms with Crippen LogP contribution >= 0.6 is 22.6 Å². The highest BCUT2D eigenvalue weighted by atomic mass is 127. The first-order valence-corrected chi connectivity index (χ1v) is 23.2. The average Bonchev–Trinajstić information content (AvgIpc) is 3.25. The van der Waals surface area contributed by atoms with Crippen LogP contribution in [0.4, 0.5) is 0 Å². The highest BCUT2D eigenvalue weighted by molar-refractivity contribution is 14.1. The third-order valence-electron chi connectivity index (χ3n) is 10.3. The maximum Gasteiger partial charge on any atom is 0.307 e. The van der Waals surface area contributed by atoms with Crippen molar-refractivity contribution in [2.45, 2.75) is 109 Å². The Morgan fingerprint density at radius 3 is 1.87 bits per heavy atom. The molecule has 63 heavy (non-hydrogen) atoms. The number of alkyl halides is 1. The fourth-order valence-electron chi connectivity index (χ4n) is 6.98. The lowest BCUT2D eigenvalue weighted by molar-refractivity contribution is -0.164. The number of halogens is 1. The second kappa shape index (κ2) is 27.4. The fraction of sp³-hybridized carbons (Fsp3) is 0.553. The highest BCUT2D eigenvalue weighted by Gasteiger charge is 2.42. The summed E-state index contributed by atoms with van der Waals surface area (Å²) < 4.78 is 11.2. The summed E-state index contributed by atoms with van der Waals surface area (Å²) in [5, 5.41) is 14.0. The van der Waals surface area contributed by atoms with E-state index >= 15 is 0 Å². The van der Waals surface area contributed by atoms with Crippen molar-refractivity contribution >= 4 is 63.9 Å². The lowest BCUT2D eigenvalue weighted by Gasteiger charge is -2.32. The largest absolute Gasteiger partial charge is 0.450 e. The number of hydrogen-bond acceptors (Lipinski definition) is 10. The normalized spacial score (nSPS) is 15.7. The molecule has 5 atom stereocenters. The van der Waals surface area contributed by atoms with Crippen molar-refractivity contribution < 1.29 is 43.0 Å². The molecule has 0 aliphatic carbocycles. The third kappa shape index (κ3) is 19.2. The number of amides is 5. The molecule has 1 saturated heterocycles. The maximum atomic E-state index is 14.4. The molecule has 1 aliphatic heterocycles. The van der Waals surface area contributed by atoms with Crippen molar-refractivity contribution in [1.82, 2.24) is 31.5 Å². The Morgan fingerprint density at radius 1 is 0.746 bits per heavy atom. The average molecular weight is 985 g/mol. The van der Waals surface area contributed by atoms with E-state index in [0.29, 0.717) is 32.7 Å². The smallest absolute Gasteiger partial charge is 0.307 e. The molecule has 5 amide bonds. The minimum Gasteiger partial charge on any atom is -0.450 e. The van der Waals surface area contributed by atoms with E-state index in [1.54, 1.807) is 12.1 Å². The van der Waals surface area contributed by atoms with E-state index in [4.69, 9.17) is 15.9 Å². The van der Waals surface area contributed by atoms with E-state index in [1.165, 1.54) is 6.92 Å². The van der Waals surface area contributed by atoms with Gasteiger partial charge in [-0.15, -0.1) is 6.42 Å². The van der Waals surface area contributed by atoms with Crippen LogP contribution < -0.4 is 26.6 Å². The Balaban J connectivity index is 1.85. The van der Waals surface area contributed by atoms with Gasteiger partial charge in [0.2, 0.25) is 29.5 Å². The molecule has 2 aromatic rings. The van der Waals surface area contributed by atoms with E-state index in [1.807, 2.05) is 104 Å². The van der Waals surface area contributed by atoms with E-state index in [0.717, 1.165) is 11.1 Å². The summed E-state index contributed by atoms with van der Waals surface area (Å²) >= 11 is 1.94. The van der Waals surface area contributed by atoms with Crippen LogP contribution in [0.1, 0.15) is 77.8 Å². The van der Waals surface area contributed by atoms with Gasteiger partial charge in [0.05, 0.1) is 38.8 Å². The number of morpholine rings is 1. The minimum absolute atomic E-state index is 0.0124. The number of nitrogens with one attached hydrogen (secondary N) is 5. The van der Waals surface area contributed by atoms with Crippen LogP contribution in [0.2, 0.25) is 0 Å². The summed E-state index contributed by atoms with van der Waals surface area (Å²) in [4.78, 5) is 97.3. The van der Waals surface area contributed by atoms with Gasteiger partial charge in [-0.05, 0) is 55.6 Å². The van der Waals surface area contributed by atoms with Gasteiger partial charge in [0.25, 0.3) is 0 Å². The van der Waals surface area contributed by atoms with Crippen LogP contribution in [0.25, 0.3) is 0 Å². The van der Waals surface area contributed by atoms with Gasteiger partial charge in [-0.1, -0.05) is 117 Å². The number of carbonyl (C=O) groups excluding carboxylic acids is 7. The van der Waals surface area contributed by atoms with Crippen molar-refractivity contribution in [3.05, 3.63) is 71.8 Å². The van der Waals surface area contributed by atoms with Crippen molar-refractivity contribution in [2.24, 2.45) is 11.8 Å². The SMILES string of the molecule is C#CCNC(=O)CCC(=O)O[C@](C)(CI)C(=O)C(CC(C)C)NC(=O)[C@H](Cc1ccccc1)NC(=O)[C@H](CC(C)C)NC(=O)[C@H](CCc1ccccc1)NC(=O)CN1CCOCC1. The number of aryl methyl sites for hydroxylation is 1. The van der Waals surface area contributed by atoms with Crippen molar-refractivity contribution in [2.75, 3.05) is 43.8 Å². The molecule has 3 rings (SSSR count). The molecule has 15 nitrogen and oxygen atoms in total. The van der Waals surface area contributed by atoms with Crippen LogP contribution in [0.15, 0.2) is 60.7 Å². The third-order valence-corrected chi connectivity index (χ3v) is 11.8. The van der Waals surface area contributed by atoms with E-state index < -0.39 is 65.1 Å². The Kier molecular flexibility index (Phi) is 22.8. The molecule has 0 bridgehead atoms. The second-order valence-electron chi connectivity index (χ2n) is 16.8. The topological polar surface area (TPSA) is 201 Å². The number of hydrogen-bond donors (Lipinski definition) is 5. The van der Waals surface area contributed by atoms with Gasteiger partial charge in [0, 0.05) is 30.4 Å². The summed E-state index contributed by atoms with van der Waals surface area (Å²) in [6, 6.07) is 14.3. The molecule has 1 aliphatic rings. The zero-order valence-corrected chi connectivity index (χ0v) is 39.4. The van der Waals surface area contributed by atoms with Crippen molar-refractivity contribution in [1.29, 1.82) is 0 Å². The van der Waals surface area contributed by atoms with Gasteiger partial charge in [-0.25, -0.2) is 0 Å². The quantitative estimate of drug-likeness (QED) is 0.0404. The van der Waals surface area contributed by atoms with Crippen LogP contribution in [0, 0.1) is 24.2 Å². The molecule has 0 spiro atoms. The fourth-order valence-corrected chi connectivity index (χ4v) is 7.51. The van der Waals surface area contributed by atoms with Gasteiger partial charge in [0.1, 0.15) is 18.1 Å². The maximum absolute atomic E-state index is 14.4. The van der Waals surface area contributed by atoms with Crippen molar-refractivity contribution in [3.8, 4) is 12.3 Å². The first-order chi connectivity index (χ1) is 30.0. The summed E-state index contributed by atoms with van der Waals surface area (Å²) in [5.41, 5.74) is 0.0610. The van der Waals surface area contributed by atoms with E-state index in [9.17, 15) is 33.6 Å². The van der Waals surface area contributed by atoms with Crippen LogP contribution in [0.5, 0.6) is 0 Å². The lowest BCUT2D eigenvalue weighted by Crippen LogP contribution is -2.60. The zero-order valence-electron chi connectivity index (χ0n) is 37.2. The number of carbonyl (C=O) groups is 7. The van der Waals surface area contributed by atoms with Crippen LogP contribution in [-0.4, -0.2) is 120 Å². The van der Waals surface area contributed by atoms with Gasteiger partial charge < -0.3 is 36.1 Å². The molecule has 0 aromatic heterocycles. The Morgan fingerprint density at radius 2 is 1.29 bits per heavy atom. The number of Topliss-reactive ketones (excluding diaryl/α,β-unsaturated/α-hetero) is 1. The predicted octanol–water partition coefficient (Wildman–Crippen LogP) is 3.06. The molecular weight excluding hydrogens is 919 g/mol. The number of esters is 1. The number of nitrogens with zero attached hydrogens (tertiary/aromatic N) is 1. The summed E-state index contributed by atoms with van der Waals surface area (Å²) in [6.07, 6.45) is 5.96. The van der Waals surface area contributed by atoms with Gasteiger partial charge in [-0.3, -0.25) is 38.5 Å². The molecule has 1 unspecified atom stereocenters. The molecule has 16 heteroatoms. The number of terminal acetylenes is 1. The highest BCUT2D eigenvalue weighted by Crippen LogP contribution is 2.22. The molecule has 5 N–H and O–H groups in total. The van der Waals surface area contributed by atoms with E-state index in [2.05, 4.69) is 32.5 Å². The monoisotopic (exact) mass is 984 g/mol. The van der Waals surface area contributed by atoms with Crippen LogP contribution in [-0.2, 0) is 55.9 Å². The molecule has 344 valence electrons. The van der Waals surface area contributed by atoms with Crippen molar-refractivity contribution in [3.63, 3.8) is 0 Å². The number of ketones is 1. The molecule has 1 fully saturated rings. The molecule has 0 saturated carbocycles. The molecule has 0 radical (unpaired) electrons. The Hall–Kier alpha value is -4.86. The summed E-state index contributed by atoms with van der Waals surface area (Å²) in [7, 11) is 0. The zero-order chi connectivity index (χ0) is 46.4. The molecule has 1 heterocycles. The summed E-state index contributed by atoms with van der Waals surface area (Å²) in [5.74, 6) is -1.71. The molecular formula is C47H65IN6O9. The van der Waals surface area contributed by atoms with Crippen LogP contribution in [0.3, 0.4) is 0 Å². The Bertz CT molecular complexity index is 1850. The predicted molar refractivity (Wildman–Crippen MR) is 248 cm³/mol. The second-order valence-corrected chi connectivity index (χ2v) is 17.6. The molecule has 2 aromatic carbocycles. The first kappa shape index (κ1) is 52.5. The van der Waals surface area contributed by atoms with E-state index in [-0.39, 0.29) is 73.8 Å². The number of benzene rings is 2.